The molecule has 2 aliphatic heterocycles. The van der Waals surface area contributed by atoms with Crippen LogP contribution in [0.3, 0.4) is 0 Å². The second-order valence-corrected chi connectivity index (χ2v) is 9.45. The van der Waals surface area contributed by atoms with Gasteiger partial charge in [-0.15, -0.1) is 0 Å². The Labute approximate surface area is 139 Å². The van der Waals surface area contributed by atoms with E-state index < -0.39 is 10.0 Å². The first-order valence-electron chi connectivity index (χ1n) is 8.89. The van der Waals surface area contributed by atoms with Crippen LogP contribution in [0.15, 0.2) is 0 Å². The minimum Gasteiger partial charge on any atom is -0.356 e. The number of carbonyl (C=O) groups excluding carboxylic acids is 1. The fraction of sp³-hybridized carbons (Fsp3) is 0.938. The van der Waals surface area contributed by atoms with Crippen molar-refractivity contribution < 1.29 is 13.2 Å². The maximum Gasteiger partial charge on any atom is 0.220 e. The van der Waals surface area contributed by atoms with Crippen molar-refractivity contribution in [1.29, 1.82) is 0 Å². The van der Waals surface area contributed by atoms with Crippen LogP contribution in [0.1, 0.15) is 51.4 Å². The van der Waals surface area contributed by atoms with E-state index in [0.717, 1.165) is 32.1 Å². The molecule has 2 bridgehead atoms. The molecule has 0 radical (unpaired) electrons. The van der Waals surface area contributed by atoms with Crippen LogP contribution in [-0.4, -0.2) is 45.3 Å². The van der Waals surface area contributed by atoms with Gasteiger partial charge < -0.3 is 10.6 Å². The van der Waals surface area contributed by atoms with Crippen LogP contribution >= 0.6 is 0 Å². The zero-order valence-corrected chi connectivity index (χ0v) is 14.7. The Hall–Kier alpha value is -0.660. The summed E-state index contributed by atoms with van der Waals surface area (Å²) in [6, 6.07) is 1.20. The van der Waals surface area contributed by atoms with Crippen LogP contribution in [0.4, 0.5) is 0 Å². The third-order valence-corrected chi connectivity index (χ3v) is 6.36. The number of hydrogen-bond acceptors (Lipinski definition) is 4. The summed E-state index contributed by atoms with van der Waals surface area (Å²) in [7, 11) is -3.18. The number of carbonyl (C=O) groups is 1. The fourth-order valence-corrected chi connectivity index (χ4v) is 5.49. The predicted octanol–water partition coefficient (Wildman–Crippen LogP) is 0.741. The maximum atomic E-state index is 12.2. The number of nitrogens with one attached hydrogen (secondary N) is 3. The van der Waals surface area contributed by atoms with Gasteiger partial charge in [0.05, 0.1) is 6.26 Å². The van der Waals surface area contributed by atoms with E-state index in [-0.39, 0.29) is 17.9 Å². The minimum atomic E-state index is -3.18. The molecule has 3 rings (SSSR count). The van der Waals surface area contributed by atoms with E-state index in [1.807, 2.05) is 0 Å². The molecular formula is C16H29N3O3S. The predicted molar refractivity (Wildman–Crippen MR) is 89.4 cm³/mol. The van der Waals surface area contributed by atoms with E-state index in [4.69, 9.17) is 0 Å². The summed E-state index contributed by atoms with van der Waals surface area (Å²) in [5, 5.41) is 6.64. The molecule has 4 unspecified atom stereocenters. The van der Waals surface area contributed by atoms with Gasteiger partial charge in [-0.3, -0.25) is 4.79 Å². The van der Waals surface area contributed by atoms with Gasteiger partial charge in [0.25, 0.3) is 0 Å². The van der Waals surface area contributed by atoms with Crippen molar-refractivity contribution >= 4 is 15.9 Å². The molecule has 3 aliphatic rings. The summed E-state index contributed by atoms with van der Waals surface area (Å²) in [6.45, 7) is 0.587. The van der Waals surface area contributed by atoms with Crippen LogP contribution in [0.25, 0.3) is 0 Å². The Morgan fingerprint density at radius 1 is 1.13 bits per heavy atom. The Morgan fingerprint density at radius 3 is 2.48 bits per heavy atom. The molecule has 0 aromatic carbocycles. The van der Waals surface area contributed by atoms with E-state index in [1.54, 1.807) is 0 Å². The monoisotopic (exact) mass is 343 g/mol. The molecule has 1 aliphatic carbocycles. The van der Waals surface area contributed by atoms with Gasteiger partial charge in [0.2, 0.25) is 15.9 Å². The summed E-state index contributed by atoms with van der Waals surface area (Å²) in [5.74, 6) is 0.849. The van der Waals surface area contributed by atoms with Gasteiger partial charge in [0.15, 0.2) is 0 Å². The van der Waals surface area contributed by atoms with Crippen molar-refractivity contribution in [3.63, 3.8) is 0 Å². The number of amides is 1. The van der Waals surface area contributed by atoms with Crippen molar-refractivity contribution in [2.75, 3.05) is 12.8 Å². The van der Waals surface area contributed by atoms with Crippen molar-refractivity contribution in [2.45, 2.75) is 69.5 Å². The van der Waals surface area contributed by atoms with E-state index in [0.29, 0.717) is 31.0 Å². The molecule has 0 aromatic heterocycles. The van der Waals surface area contributed by atoms with Crippen molar-refractivity contribution in [3.8, 4) is 0 Å². The highest BCUT2D eigenvalue weighted by atomic mass is 32.2. The first kappa shape index (κ1) is 17.2. The van der Waals surface area contributed by atoms with Gasteiger partial charge in [-0.25, -0.2) is 13.1 Å². The van der Waals surface area contributed by atoms with Crippen molar-refractivity contribution in [1.82, 2.24) is 15.4 Å². The summed E-state index contributed by atoms with van der Waals surface area (Å²) in [6.07, 6.45) is 9.42. The van der Waals surface area contributed by atoms with Gasteiger partial charge in [0, 0.05) is 31.1 Å². The Bertz CT molecular complexity index is 525. The topological polar surface area (TPSA) is 87.3 Å². The first-order chi connectivity index (χ1) is 10.9. The molecule has 3 fully saturated rings. The summed E-state index contributed by atoms with van der Waals surface area (Å²) >= 11 is 0. The normalized spacial score (nSPS) is 37.0. The quantitative estimate of drug-likeness (QED) is 0.664. The maximum absolute atomic E-state index is 12.2. The van der Waals surface area contributed by atoms with E-state index in [2.05, 4.69) is 15.4 Å². The average Bonchev–Trinajstić information content (AvgIpc) is 3.01. The molecule has 6 nitrogen and oxygen atoms in total. The third kappa shape index (κ3) is 4.90. The lowest BCUT2D eigenvalue weighted by Gasteiger charge is -2.29. The van der Waals surface area contributed by atoms with Crippen LogP contribution < -0.4 is 15.4 Å². The second kappa shape index (κ2) is 7.07. The number of rotatable bonds is 6. The Balaban J connectivity index is 1.41. The number of fused-ring (bicyclic) bond motifs is 2. The van der Waals surface area contributed by atoms with Crippen LogP contribution in [0.5, 0.6) is 0 Å². The summed E-state index contributed by atoms with van der Waals surface area (Å²) < 4.78 is 25.5. The molecule has 2 heterocycles. The molecular weight excluding hydrogens is 314 g/mol. The number of piperidine rings is 1. The molecule has 7 heteroatoms. The number of sulfonamides is 1. The summed E-state index contributed by atoms with van der Waals surface area (Å²) in [5.41, 5.74) is 0. The van der Waals surface area contributed by atoms with Gasteiger partial charge in [0.1, 0.15) is 0 Å². The molecule has 3 N–H and O–H groups in total. The highest BCUT2D eigenvalue weighted by Gasteiger charge is 2.34. The van der Waals surface area contributed by atoms with Crippen LogP contribution in [-0.2, 0) is 14.8 Å². The molecule has 132 valence electrons. The van der Waals surface area contributed by atoms with Crippen molar-refractivity contribution in [3.05, 3.63) is 0 Å². The summed E-state index contributed by atoms with van der Waals surface area (Å²) in [4.78, 5) is 12.2. The Morgan fingerprint density at radius 2 is 1.83 bits per heavy atom. The minimum absolute atomic E-state index is 0.0278. The Kier molecular flexibility index (Phi) is 5.28. The van der Waals surface area contributed by atoms with Crippen LogP contribution in [0.2, 0.25) is 0 Å². The largest absolute Gasteiger partial charge is 0.356 e. The highest BCUT2D eigenvalue weighted by Crippen LogP contribution is 2.32. The third-order valence-electron chi connectivity index (χ3n) is 5.63. The SMILES string of the molecule is CS(=O)(=O)NC1CCCC1CNC(=O)CC1CC2CCC(C1)N2. The molecule has 0 aromatic rings. The van der Waals surface area contributed by atoms with Crippen LogP contribution in [0, 0.1) is 11.8 Å². The zero-order chi connectivity index (χ0) is 16.4. The van der Waals surface area contributed by atoms with Gasteiger partial charge in [-0.1, -0.05) is 6.42 Å². The highest BCUT2D eigenvalue weighted by molar-refractivity contribution is 7.88. The van der Waals surface area contributed by atoms with Crippen molar-refractivity contribution in [2.24, 2.45) is 11.8 Å². The first-order valence-corrected chi connectivity index (χ1v) is 10.8. The average molecular weight is 343 g/mol. The fourth-order valence-electron chi connectivity index (χ4n) is 4.63. The molecule has 2 saturated heterocycles. The smallest absolute Gasteiger partial charge is 0.220 e. The molecule has 1 saturated carbocycles. The molecule has 0 spiro atoms. The van der Waals surface area contributed by atoms with E-state index in [1.165, 1.54) is 19.1 Å². The van der Waals surface area contributed by atoms with E-state index in [9.17, 15) is 13.2 Å². The lowest BCUT2D eigenvalue weighted by molar-refractivity contribution is -0.122. The number of hydrogen-bond donors (Lipinski definition) is 3. The zero-order valence-electron chi connectivity index (χ0n) is 13.9. The lowest BCUT2D eigenvalue weighted by Crippen LogP contribution is -2.43. The van der Waals surface area contributed by atoms with Gasteiger partial charge in [-0.05, 0) is 50.4 Å². The standard InChI is InChI=1S/C16H29N3O3S/c1-23(21,22)19-15-4-2-3-12(15)10-17-16(20)9-11-7-13-5-6-14(8-11)18-13/h11-15,18-19H,2-10H2,1H3,(H,17,20). The molecule has 4 atom stereocenters. The van der Waals surface area contributed by atoms with E-state index >= 15 is 0 Å². The van der Waals surface area contributed by atoms with Gasteiger partial charge in [-0.2, -0.15) is 0 Å². The molecule has 23 heavy (non-hydrogen) atoms. The lowest BCUT2D eigenvalue weighted by atomic mass is 9.89. The second-order valence-electron chi connectivity index (χ2n) is 7.67. The van der Waals surface area contributed by atoms with Gasteiger partial charge >= 0.3 is 0 Å². The molecule has 1 amide bonds.